The van der Waals surface area contributed by atoms with Crippen LogP contribution in [-0.2, 0) is 0 Å². The fraction of sp³-hybridized carbons (Fsp3) is 0.143. The first-order valence-corrected chi connectivity index (χ1v) is 6.74. The first-order chi connectivity index (χ1) is 9.06. The summed E-state index contributed by atoms with van der Waals surface area (Å²) in [5, 5.41) is 0.634. The average Bonchev–Trinajstić information content (AvgIpc) is 2.67. The van der Waals surface area contributed by atoms with Gasteiger partial charge in [-0.05, 0) is 25.0 Å². The fourth-order valence-electron chi connectivity index (χ4n) is 2.14. The van der Waals surface area contributed by atoms with E-state index < -0.39 is 0 Å². The SMILES string of the molecule is Cc1ccc(-c2sc3nc(N)[nH]c(=O)c3c2C)cc1. The zero-order valence-corrected chi connectivity index (χ0v) is 11.5. The van der Waals surface area contributed by atoms with Crippen LogP contribution >= 0.6 is 11.3 Å². The topological polar surface area (TPSA) is 71.8 Å². The number of fused-ring (bicyclic) bond motifs is 1. The number of aromatic nitrogens is 2. The smallest absolute Gasteiger partial charge is 0.261 e. The largest absolute Gasteiger partial charge is 0.369 e. The van der Waals surface area contributed by atoms with Crippen molar-refractivity contribution >= 4 is 27.5 Å². The van der Waals surface area contributed by atoms with E-state index in [-0.39, 0.29) is 11.5 Å². The summed E-state index contributed by atoms with van der Waals surface area (Å²) in [5.74, 6) is 0.161. The summed E-state index contributed by atoms with van der Waals surface area (Å²) in [4.78, 5) is 20.5. The number of thiophene rings is 1. The minimum Gasteiger partial charge on any atom is -0.369 e. The van der Waals surface area contributed by atoms with E-state index in [2.05, 4.69) is 41.2 Å². The molecule has 0 radical (unpaired) electrons. The molecule has 0 atom stereocenters. The predicted octanol–water partition coefficient (Wildman–Crippen LogP) is 2.85. The maximum absolute atomic E-state index is 12.0. The number of nitrogen functional groups attached to an aromatic ring is 1. The average molecular weight is 271 g/mol. The Morgan fingerprint density at radius 1 is 1.21 bits per heavy atom. The maximum Gasteiger partial charge on any atom is 0.261 e. The van der Waals surface area contributed by atoms with E-state index in [4.69, 9.17) is 5.73 Å². The molecule has 3 N–H and O–H groups in total. The Balaban J connectivity index is 2.31. The van der Waals surface area contributed by atoms with Crippen LogP contribution in [0.2, 0.25) is 0 Å². The zero-order chi connectivity index (χ0) is 13.6. The van der Waals surface area contributed by atoms with Gasteiger partial charge in [-0.15, -0.1) is 11.3 Å². The highest BCUT2D eigenvalue weighted by molar-refractivity contribution is 7.22. The Hall–Kier alpha value is -2.14. The molecule has 0 aliphatic carbocycles. The Morgan fingerprint density at radius 3 is 2.58 bits per heavy atom. The van der Waals surface area contributed by atoms with E-state index in [1.165, 1.54) is 16.9 Å². The Morgan fingerprint density at radius 2 is 1.89 bits per heavy atom. The van der Waals surface area contributed by atoms with Crippen molar-refractivity contribution in [3.63, 3.8) is 0 Å². The molecule has 1 aromatic carbocycles. The van der Waals surface area contributed by atoms with Gasteiger partial charge in [-0.2, -0.15) is 0 Å². The highest BCUT2D eigenvalue weighted by atomic mass is 32.1. The molecule has 0 aliphatic heterocycles. The van der Waals surface area contributed by atoms with Crippen LogP contribution in [0, 0.1) is 13.8 Å². The van der Waals surface area contributed by atoms with Gasteiger partial charge in [-0.25, -0.2) is 4.98 Å². The van der Waals surface area contributed by atoms with Crippen molar-refractivity contribution in [2.45, 2.75) is 13.8 Å². The third-order valence-electron chi connectivity index (χ3n) is 3.13. The van der Waals surface area contributed by atoms with Crippen molar-refractivity contribution in [2.75, 3.05) is 5.73 Å². The monoisotopic (exact) mass is 271 g/mol. The third kappa shape index (κ3) is 1.92. The van der Waals surface area contributed by atoms with E-state index in [9.17, 15) is 4.79 Å². The molecule has 0 fully saturated rings. The van der Waals surface area contributed by atoms with Crippen molar-refractivity contribution in [3.05, 3.63) is 45.7 Å². The molecule has 0 bridgehead atoms. The highest BCUT2D eigenvalue weighted by Gasteiger charge is 2.14. The Kier molecular flexibility index (Phi) is 2.64. The number of aromatic amines is 1. The number of hydrogen-bond donors (Lipinski definition) is 2. The molecule has 19 heavy (non-hydrogen) atoms. The molecule has 0 aliphatic rings. The second-order valence-corrected chi connectivity index (χ2v) is 5.55. The maximum atomic E-state index is 12.0. The number of rotatable bonds is 1. The summed E-state index contributed by atoms with van der Waals surface area (Å²) < 4.78 is 0. The molecule has 4 nitrogen and oxygen atoms in total. The molecule has 0 spiro atoms. The summed E-state index contributed by atoms with van der Waals surface area (Å²) in [5.41, 5.74) is 8.68. The van der Waals surface area contributed by atoms with Crippen LogP contribution in [-0.4, -0.2) is 9.97 Å². The lowest BCUT2D eigenvalue weighted by atomic mass is 10.1. The Labute approximate surface area is 113 Å². The van der Waals surface area contributed by atoms with E-state index in [1.54, 1.807) is 0 Å². The number of aryl methyl sites for hydroxylation is 2. The van der Waals surface area contributed by atoms with Crippen LogP contribution in [0.3, 0.4) is 0 Å². The van der Waals surface area contributed by atoms with Crippen LogP contribution in [0.25, 0.3) is 20.7 Å². The normalized spacial score (nSPS) is 11.1. The highest BCUT2D eigenvalue weighted by Crippen LogP contribution is 2.35. The van der Waals surface area contributed by atoms with Gasteiger partial charge in [0.15, 0.2) is 0 Å². The summed E-state index contributed by atoms with van der Waals surface area (Å²) in [7, 11) is 0. The molecule has 0 saturated heterocycles. The number of benzene rings is 1. The number of nitrogens with one attached hydrogen (secondary N) is 1. The lowest BCUT2D eigenvalue weighted by Gasteiger charge is -2.00. The van der Waals surface area contributed by atoms with Gasteiger partial charge in [0.1, 0.15) is 4.83 Å². The lowest BCUT2D eigenvalue weighted by Crippen LogP contribution is -2.10. The third-order valence-corrected chi connectivity index (χ3v) is 4.37. The number of hydrogen-bond acceptors (Lipinski definition) is 4. The fourth-order valence-corrected chi connectivity index (χ4v) is 3.34. The van der Waals surface area contributed by atoms with Crippen LogP contribution in [0.5, 0.6) is 0 Å². The van der Waals surface area contributed by atoms with Crippen molar-refractivity contribution in [2.24, 2.45) is 0 Å². The van der Waals surface area contributed by atoms with Crippen LogP contribution in [0.15, 0.2) is 29.1 Å². The van der Waals surface area contributed by atoms with Gasteiger partial charge in [0, 0.05) is 4.88 Å². The van der Waals surface area contributed by atoms with Crippen LogP contribution in [0.1, 0.15) is 11.1 Å². The summed E-state index contributed by atoms with van der Waals surface area (Å²) in [6.45, 7) is 4.00. The van der Waals surface area contributed by atoms with E-state index in [1.807, 2.05) is 6.92 Å². The molecular formula is C14H13N3OS. The van der Waals surface area contributed by atoms with Crippen LogP contribution < -0.4 is 11.3 Å². The molecular weight excluding hydrogens is 258 g/mol. The van der Waals surface area contributed by atoms with Crippen molar-refractivity contribution < 1.29 is 0 Å². The van der Waals surface area contributed by atoms with Gasteiger partial charge in [-0.3, -0.25) is 9.78 Å². The van der Waals surface area contributed by atoms with Crippen LogP contribution in [0.4, 0.5) is 5.95 Å². The minimum absolute atomic E-state index is 0.161. The van der Waals surface area contributed by atoms with E-state index in [0.29, 0.717) is 10.2 Å². The summed E-state index contributed by atoms with van der Waals surface area (Å²) in [6.07, 6.45) is 0. The second kappa shape index (κ2) is 4.20. The van der Waals surface area contributed by atoms with E-state index in [0.717, 1.165) is 16.0 Å². The van der Waals surface area contributed by atoms with E-state index >= 15 is 0 Å². The standard InChI is InChI=1S/C14H13N3OS/c1-7-3-5-9(6-4-7)11-8(2)10-12(18)16-14(15)17-13(10)19-11/h3-6H,1-2H3,(H3,15,16,17,18). The number of anilines is 1. The second-order valence-electron chi connectivity index (χ2n) is 4.55. The summed E-state index contributed by atoms with van der Waals surface area (Å²) in [6, 6.07) is 8.24. The molecule has 2 aromatic heterocycles. The first kappa shape index (κ1) is 11.9. The first-order valence-electron chi connectivity index (χ1n) is 5.92. The molecule has 0 amide bonds. The molecule has 2 heterocycles. The molecule has 0 unspecified atom stereocenters. The molecule has 3 rings (SSSR count). The van der Waals surface area contributed by atoms with Gasteiger partial charge in [0.25, 0.3) is 5.56 Å². The number of nitrogens with two attached hydrogens (primary N) is 1. The summed E-state index contributed by atoms with van der Waals surface area (Å²) >= 11 is 1.50. The minimum atomic E-state index is -0.172. The molecule has 5 heteroatoms. The van der Waals surface area contributed by atoms with Crippen molar-refractivity contribution in [1.29, 1.82) is 0 Å². The van der Waals surface area contributed by atoms with Crippen molar-refractivity contribution in [3.8, 4) is 10.4 Å². The zero-order valence-electron chi connectivity index (χ0n) is 10.7. The molecule has 96 valence electrons. The molecule has 0 saturated carbocycles. The van der Waals surface area contributed by atoms with Gasteiger partial charge in [-0.1, -0.05) is 29.8 Å². The van der Waals surface area contributed by atoms with Crippen molar-refractivity contribution in [1.82, 2.24) is 9.97 Å². The molecule has 3 aromatic rings. The van der Waals surface area contributed by atoms with Gasteiger partial charge < -0.3 is 5.73 Å². The Bertz CT molecular complexity index is 815. The number of H-pyrrole nitrogens is 1. The van der Waals surface area contributed by atoms with Gasteiger partial charge >= 0.3 is 0 Å². The number of nitrogens with zero attached hydrogens (tertiary/aromatic N) is 1. The van der Waals surface area contributed by atoms with Gasteiger partial charge in [0.05, 0.1) is 5.39 Å². The predicted molar refractivity (Wildman–Crippen MR) is 79.6 cm³/mol. The quantitative estimate of drug-likeness (QED) is 0.715. The van der Waals surface area contributed by atoms with Gasteiger partial charge in [0.2, 0.25) is 5.95 Å². The lowest BCUT2D eigenvalue weighted by molar-refractivity contribution is 1.19.